The summed E-state index contributed by atoms with van der Waals surface area (Å²) in [5.74, 6) is -2.35. The van der Waals surface area contributed by atoms with Crippen LogP contribution in [0, 0.1) is 11.3 Å². The smallest absolute Gasteiger partial charge is 0.335 e. The third kappa shape index (κ3) is 4.93. The summed E-state index contributed by atoms with van der Waals surface area (Å²) in [6, 6.07) is 13.7. The summed E-state index contributed by atoms with van der Waals surface area (Å²) in [6.07, 6.45) is 1.10. The average molecular weight is 364 g/mol. The topological polar surface area (TPSA) is 137 Å². The van der Waals surface area contributed by atoms with E-state index in [-0.39, 0.29) is 16.8 Å². The third-order valence-electron chi connectivity index (χ3n) is 3.48. The lowest BCUT2D eigenvalue weighted by atomic mass is 10.2. The molecule has 0 radical (unpaired) electrons. The second-order valence-corrected chi connectivity index (χ2v) is 5.48. The quantitative estimate of drug-likeness (QED) is 0.423. The minimum Gasteiger partial charge on any atom is -0.478 e. The summed E-state index contributed by atoms with van der Waals surface area (Å²) in [4.78, 5) is 36.4. The molecule has 0 saturated heterocycles. The van der Waals surface area contributed by atoms with Gasteiger partial charge < -0.3 is 16.2 Å². The Labute approximate surface area is 155 Å². The lowest BCUT2D eigenvalue weighted by Gasteiger charge is -2.17. The van der Waals surface area contributed by atoms with Crippen LogP contribution in [-0.2, 0) is 9.59 Å². The molecule has 0 aliphatic carbocycles. The van der Waals surface area contributed by atoms with Crippen molar-refractivity contribution >= 4 is 34.8 Å². The zero-order valence-electron chi connectivity index (χ0n) is 14.3. The number of anilines is 3. The Bertz CT molecular complexity index is 976. The van der Waals surface area contributed by atoms with Gasteiger partial charge in [0.05, 0.1) is 11.3 Å². The number of hydrogen-bond acceptors (Lipinski definition) is 5. The highest BCUT2D eigenvalue weighted by molar-refractivity contribution is 6.08. The van der Waals surface area contributed by atoms with Crippen molar-refractivity contribution in [2.75, 3.05) is 16.0 Å². The Morgan fingerprint density at radius 2 is 1.89 bits per heavy atom. The fourth-order valence-electron chi connectivity index (χ4n) is 2.22. The van der Waals surface area contributed by atoms with Gasteiger partial charge in [0.25, 0.3) is 5.91 Å². The number of nitrogen functional groups attached to an aromatic ring is 1. The van der Waals surface area contributed by atoms with Crippen LogP contribution in [0.1, 0.15) is 17.3 Å². The van der Waals surface area contributed by atoms with Crippen molar-refractivity contribution in [1.29, 1.82) is 5.26 Å². The molecular weight excluding hydrogens is 348 g/mol. The van der Waals surface area contributed by atoms with Crippen molar-refractivity contribution in [1.82, 2.24) is 0 Å². The molecule has 2 amide bonds. The van der Waals surface area contributed by atoms with Crippen LogP contribution in [0.25, 0.3) is 0 Å². The second kappa shape index (κ2) is 8.31. The first-order chi connectivity index (χ1) is 12.8. The molecule has 8 nitrogen and oxygen atoms in total. The van der Waals surface area contributed by atoms with E-state index in [1.807, 2.05) is 0 Å². The number of amides is 2. The highest BCUT2D eigenvalue weighted by atomic mass is 16.4. The van der Waals surface area contributed by atoms with Crippen LogP contribution in [-0.4, -0.2) is 22.9 Å². The fraction of sp³-hybridized carbons (Fsp3) is 0.0526. The fourth-order valence-corrected chi connectivity index (χ4v) is 2.22. The van der Waals surface area contributed by atoms with Gasteiger partial charge in [0.1, 0.15) is 11.6 Å². The molecule has 4 N–H and O–H groups in total. The number of benzene rings is 2. The van der Waals surface area contributed by atoms with E-state index in [1.54, 1.807) is 24.3 Å². The minimum atomic E-state index is -1.15. The van der Waals surface area contributed by atoms with E-state index < -0.39 is 17.8 Å². The Balaban J connectivity index is 2.31. The van der Waals surface area contributed by atoms with E-state index in [0.29, 0.717) is 11.4 Å². The van der Waals surface area contributed by atoms with E-state index in [1.165, 1.54) is 37.3 Å². The molecule has 2 aromatic rings. The molecule has 0 saturated carbocycles. The first-order valence-electron chi connectivity index (χ1n) is 7.74. The normalized spacial score (nSPS) is 10.6. The highest BCUT2D eigenvalue weighted by Gasteiger charge is 2.16. The van der Waals surface area contributed by atoms with Crippen LogP contribution in [0.4, 0.5) is 17.1 Å². The molecule has 0 bridgehead atoms. The Morgan fingerprint density at radius 1 is 1.19 bits per heavy atom. The van der Waals surface area contributed by atoms with Gasteiger partial charge in [-0.1, -0.05) is 12.1 Å². The van der Waals surface area contributed by atoms with E-state index in [0.717, 1.165) is 11.1 Å². The molecule has 2 rings (SSSR count). The lowest BCUT2D eigenvalue weighted by Crippen LogP contribution is -2.25. The minimum absolute atomic E-state index is 0.0135. The van der Waals surface area contributed by atoms with E-state index in [4.69, 9.17) is 10.8 Å². The van der Waals surface area contributed by atoms with Crippen LogP contribution in [0.2, 0.25) is 0 Å². The summed E-state index contributed by atoms with van der Waals surface area (Å²) < 4.78 is 0. The Kier molecular flexibility index (Phi) is 5.91. The third-order valence-corrected chi connectivity index (χ3v) is 3.48. The number of hydrogen-bond donors (Lipinski definition) is 3. The number of aromatic carboxylic acids is 1. The zero-order valence-corrected chi connectivity index (χ0v) is 14.3. The molecule has 0 spiro atoms. The van der Waals surface area contributed by atoms with Crippen molar-refractivity contribution < 1.29 is 19.5 Å². The molecule has 0 aromatic heterocycles. The van der Waals surface area contributed by atoms with Gasteiger partial charge in [0.2, 0.25) is 5.91 Å². The standard InChI is InChI=1S/C19H16N4O4/c1-12(24)23(17-7-3-5-15(21)9-17)11-14(10-20)18(25)22-16-6-2-4-13(8-16)19(26)27/h2-9,11H,21H2,1H3,(H,22,25)(H,26,27)/b14-11-. The number of carboxylic acids is 1. The lowest BCUT2D eigenvalue weighted by molar-refractivity contribution is -0.116. The Morgan fingerprint density at radius 3 is 2.48 bits per heavy atom. The maximum Gasteiger partial charge on any atom is 0.335 e. The van der Waals surface area contributed by atoms with Crippen LogP contribution < -0.4 is 16.0 Å². The number of nitriles is 1. The molecule has 0 unspecified atom stereocenters. The van der Waals surface area contributed by atoms with Gasteiger partial charge in [0.15, 0.2) is 0 Å². The summed E-state index contributed by atoms with van der Waals surface area (Å²) in [7, 11) is 0. The maximum atomic E-state index is 12.4. The molecular formula is C19H16N4O4. The monoisotopic (exact) mass is 364 g/mol. The van der Waals surface area contributed by atoms with E-state index >= 15 is 0 Å². The summed E-state index contributed by atoms with van der Waals surface area (Å²) in [5, 5.41) is 20.7. The number of carboxylic acid groups (broad SMARTS) is 1. The molecule has 0 fully saturated rings. The largest absolute Gasteiger partial charge is 0.478 e. The van der Waals surface area contributed by atoms with Crippen molar-refractivity contribution in [3.05, 3.63) is 65.9 Å². The van der Waals surface area contributed by atoms with Crippen molar-refractivity contribution in [2.24, 2.45) is 0 Å². The van der Waals surface area contributed by atoms with Crippen LogP contribution in [0.15, 0.2) is 60.3 Å². The Hall–Kier alpha value is -4.12. The zero-order chi connectivity index (χ0) is 20.0. The highest BCUT2D eigenvalue weighted by Crippen LogP contribution is 2.19. The summed E-state index contributed by atoms with van der Waals surface area (Å²) >= 11 is 0. The molecule has 0 atom stereocenters. The van der Waals surface area contributed by atoms with Crippen LogP contribution in [0.3, 0.4) is 0 Å². The molecule has 0 aliphatic rings. The first-order valence-corrected chi connectivity index (χ1v) is 7.74. The SMILES string of the molecule is CC(=O)N(/C=C(/C#N)C(=O)Nc1cccc(C(=O)O)c1)c1cccc(N)c1. The number of carbonyl (C=O) groups is 3. The van der Waals surface area contributed by atoms with Gasteiger partial charge in [0, 0.05) is 24.5 Å². The number of nitrogens with two attached hydrogens (primary N) is 1. The molecule has 27 heavy (non-hydrogen) atoms. The van der Waals surface area contributed by atoms with Crippen LogP contribution >= 0.6 is 0 Å². The van der Waals surface area contributed by atoms with Crippen molar-refractivity contribution in [3.63, 3.8) is 0 Å². The maximum absolute atomic E-state index is 12.4. The number of carbonyl (C=O) groups excluding carboxylic acids is 2. The van der Waals surface area contributed by atoms with E-state index in [9.17, 15) is 19.6 Å². The van der Waals surface area contributed by atoms with Gasteiger partial charge in [-0.2, -0.15) is 5.26 Å². The van der Waals surface area contributed by atoms with Gasteiger partial charge in [-0.3, -0.25) is 14.5 Å². The average Bonchev–Trinajstić information content (AvgIpc) is 2.62. The number of nitrogens with one attached hydrogen (secondary N) is 1. The van der Waals surface area contributed by atoms with Crippen molar-refractivity contribution in [3.8, 4) is 6.07 Å². The molecule has 0 heterocycles. The molecule has 8 heteroatoms. The first kappa shape index (κ1) is 19.2. The number of nitrogens with zero attached hydrogens (tertiary/aromatic N) is 2. The molecule has 136 valence electrons. The summed E-state index contributed by atoms with van der Waals surface area (Å²) in [6.45, 7) is 1.28. The predicted octanol–water partition coefficient (Wildman–Crippen LogP) is 2.37. The number of rotatable bonds is 5. The van der Waals surface area contributed by atoms with Crippen LogP contribution in [0.5, 0.6) is 0 Å². The van der Waals surface area contributed by atoms with Gasteiger partial charge in [-0.15, -0.1) is 0 Å². The summed E-state index contributed by atoms with van der Waals surface area (Å²) in [5.41, 5.74) is 6.38. The van der Waals surface area contributed by atoms with Gasteiger partial charge in [-0.05, 0) is 36.4 Å². The molecule has 2 aromatic carbocycles. The molecule has 0 aliphatic heterocycles. The predicted molar refractivity (Wildman–Crippen MR) is 99.7 cm³/mol. The van der Waals surface area contributed by atoms with Crippen molar-refractivity contribution in [2.45, 2.75) is 6.92 Å². The van der Waals surface area contributed by atoms with Gasteiger partial charge >= 0.3 is 5.97 Å². The van der Waals surface area contributed by atoms with Gasteiger partial charge in [-0.25, -0.2) is 4.79 Å². The second-order valence-electron chi connectivity index (χ2n) is 5.48. The van der Waals surface area contributed by atoms with E-state index in [2.05, 4.69) is 5.32 Å².